The number of anilines is 2. The van der Waals surface area contributed by atoms with E-state index in [1.54, 1.807) is 0 Å². The largest absolute Gasteiger partial charge is 0.397 e. The first-order valence-corrected chi connectivity index (χ1v) is 4.44. The topological polar surface area (TPSA) is 55.1 Å². The molecule has 0 aliphatic carbocycles. The van der Waals surface area contributed by atoms with Crippen LogP contribution >= 0.6 is 11.6 Å². The van der Waals surface area contributed by atoms with E-state index in [0.29, 0.717) is 5.69 Å². The summed E-state index contributed by atoms with van der Waals surface area (Å²) in [4.78, 5) is 11.2. The molecule has 3 N–H and O–H groups in total. The van der Waals surface area contributed by atoms with Crippen LogP contribution in [-0.4, -0.2) is 11.3 Å². The Hall–Kier alpha value is -1.29. The number of rotatable bonds is 2. The van der Waals surface area contributed by atoms with Gasteiger partial charge >= 0.3 is 0 Å². The van der Waals surface area contributed by atoms with E-state index in [-0.39, 0.29) is 11.6 Å². The minimum Gasteiger partial charge on any atom is -0.397 e. The van der Waals surface area contributed by atoms with E-state index in [1.165, 1.54) is 19.1 Å². The van der Waals surface area contributed by atoms with Gasteiger partial charge in [0.05, 0.1) is 11.4 Å². The van der Waals surface area contributed by atoms with Crippen molar-refractivity contribution >= 4 is 28.9 Å². The third-order valence-corrected chi connectivity index (χ3v) is 1.83. The predicted molar refractivity (Wildman–Crippen MR) is 54.8 cm³/mol. The zero-order valence-corrected chi connectivity index (χ0v) is 8.31. The number of benzene rings is 1. The lowest BCUT2D eigenvalue weighted by molar-refractivity contribution is -0.115. The Morgan fingerprint density at radius 1 is 1.64 bits per heavy atom. The van der Waals surface area contributed by atoms with Gasteiger partial charge in [-0.05, 0) is 25.1 Å². The maximum Gasteiger partial charge on any atom is 0.242 e. The number of carbonyl (C=O) groups excluding carboxylic acids is 1. The number of nitrogen functional groups attached to an aromatic ring is 1. The molecule has 0 saturated carbocycles. The van der Waals surface area contributed by atoms with Crippen LogP contribution in [0.3, 0.4) is 0 Å². The molecule has 3 nitrogen and oxygen atoms in total. The Morgan fingerprint density at radius 2 is 2.29 bits per heavy atom. The Bertz CT molecular complexity index is 355. The molecule has 0 heterocycles. The molecule has 5 heteroatoms. The van der Waals surface area contributed by atoms with Gasteiger partial charge in [-0.15, -0.1) is 11.6 Å². The summed E-state index contributed by atoms with van der Waals surface area (Å²) in [6.45, 7) is 1.54. The Morgan fingerprint density at radius 3 is 2.79 bits per heavy atom. The molecule has 0 fully saturated rings. The summed E-state index contributed by atoms with van der Waals surface area (Å²) in [5.74, 6) is -0.815. The minimum atomic E-state index is -0.653. The van der Waals surface area contributed by atoms with Crippen LogP contribution in [0.25, 0.3) is 0 Å². The highest BCUT2D eigenvalue weighted by Crippen LogP contribution is 2.19. The van der Waals surface area contributed by atoms with Gasteiger partial charge in [0.2, 0.25) is 5.91 Å². The second kappa shape index (κ2) is 4.28. The number of nitrogens with one attached hydrogen (secondary N) is 1. The summed E-state index contributed by atoms with van der Waals surface area (Å²) in [6.07, 6.45) is 0. The van der Waals surface area contributed by atoms with Crippen LogP contribution in [0.15, 0.2) is 18.2 Å². The molecule has 1 amide bonds. The van der Waals surface area contributed by atoms with Crippen LogP contribution < -0.4 is 11.1 Å². The third kappa shape index (κ3) is 2.60. The van der Waals surface area contributed by atoms with Crippen LogP contribution in [0, 0.1) is 5.82 Å². The zero-order valence-electron chi connectivity index (χ0n) is 7.55. The van der Waals surface area contributed by atoms with E-state index in [4.69, 9.17) is 17.3 Å². The van der Waals surface area contributed by atoms with E-state index >= 15 is 0 Å². The van der Waals surface area contributed by atoms with Crippen molar-refractivity contribution in [2.75, 3.05) is 11.1 Å². The average molecular weight is 217 g/mol. The standard InChI is InChI=1S/C9H10ClFN2O/c1-5(10)9(14)13-8-3-2-6(11)4-7(8)12/h2-5H,12H2,1H3,(H,13,14). The van der Waals surface area contributed by atoms with Gasteiger partial charge in [-0.25, -0.2) is 4.39 Å². The van der Waals surface area contributed by atoms with Crippen molar-refractivity contribution in [3.63, 3.8) is 0 Å². The van der Waals surface area contributed by atoms with E-state index < -0.39 is 11.2 Å². The Kier molecular flexibility index (Phi) is 3.30. The number of amides is 1. The molecule has 1 unspecified atom stereocenters. The van der Waals surface area contributed by atoms with Gasteiger partial charge in [0.25, 0.3) is 0 Å². The van der Waals surface area contributed by atoms with E-state index in [0.717, 1.165) is 6.07 Å². The second-order valence-electron chi connectivity index (χ2n) is 2.84. The molecule has 0 saturated heterocycles. The van der Waals surface area contributed by atoms with Crippen LogP contribution in [0.5, 0.6) is 0 Å². The van der Waals surface area contributed by atoms with Crippen molar-refractivity contribution in [1.29, 1.82) is 0 Å². The number of carbonyl (C=O) groups is 1. The quantitative estimate of drug-likeness (QED) is 0.587. The highest BCUT2D eigenvalue weighted by Gasteiger charge is 2.10. The summed E-state index contributed by atoms with van der Waals surface area (Å²) in [5, 5.41) is 1.82. The predicted octanol–water partition coefficient (Wildman–Crippen LogP) is 1.97. The molecule has 0 radical (unpaired) electrons. The lowest BCUT2D eigenvalue weighted by Gasteiger charge is -2.08. The average Bonchev–Trinajstić information content (AvgIpc) is 2.09. The molecule has 14 heavy (non-hydrogen) atoms. The molecule has 0 aliphatic rings. The number of nitrogens with two attached hydrogens (primary N) is 1. The first kappa shape index (κ1) is 10.8. The van der Waals surface area contributed by atoms with Crippen LogP contribution in [0.2, 0.25) is 0 Å². The Balaban J connectivity index is 2.82. The molecule has 0 spiro atoms. The normalized spacial score (nSPS) is 12.2. The van der Waals surface area contributed by atoms with Crippen molar-refractivity contribution in [1.82, 2.24) is 0 Å². The van der Waals surface area contributed by atoms with Gasteiger partial charge in [-0.3, -0.25) is 4.79 Å². The first-order valence-electron chi connectivity index (χ1n) is 4.00. The molecule has 0 aliphatic heterocycles. The van der Waals surface area contributed by atoms with Gasteiger partial charge in [0.1, 0.15) is 11.2 Å². The number of alkyl halides is 1. The molecule has 1 aromatic carbocycles. The molecule has 76 valence electrons. The van der Waals surface area contributed by atoms with Crippen molar-refractivity contribution in [3.8, 4) is 0 Å². The van der Waals surface area contributed by atoms with E-state index in [9.17, 15) is 9.18 Å². The van der Waals surface area contributed by atoms with Crippen molar-refractivity contribution in [2.45, 2.75) is 12.3 Å². The van der Waals surface area contributed by atoms with Crippen molar-refractivity contribution in [2.24, 2.45) is 0 Å². The van der Waals surface area contributed by atoms with Crippen LogP contribution in [0.1, 0.15) is 6.92 Å². The van der Waals surface area contributed by atoms with Crippen LogP contribution in [0.4, 0.5) is 15.8 Å². The molecule has 1 atom stereocenters. The molecular formula is C9H10ClFN2O. The summed E-state index contributed by atoms with van der Waals surface area (Å²) < 4.78 is 12.6. The number of halogens is 2. The maximum absolute atomic E-state index is 12.6. The molecule has 1 rings (SSSR count). The SMILES string of the molecule is CC(Cl)C(=O)Nc1ccc(F)cc1N. The zero-order chi connectivity index (χ0) is 10.7. The maximum atomic E-state index is 12.6. The summed E-state index contributed by atoms with van der Waals surface area (Å²) in [5.41, 5.74) is 6.01. The lowest BCUT2D eigenvalue weighted by atomic mass is 10.2. The van der Waals surface area contributed by atoms with Gasteiger partial charge < -0.3 is 11.1 Å². The Labute approximate surface area is 86.0 Å². The highest BCUT2D eigenvalue weighted by atomic mass is 35.5. The fraction of sp³-hybridized carbons (Fsp3) is 0.222. The number of hydrogen-bond donors (Lipinski definition) is 2. The first-order chi connectivity index (χ1) is 6.50. The minimum absolute atomic E-state index is 0.177. The monoisotopic (exact) mass is 216 g/mol. The van der Waals surface area contributed by atoms with Gasteiger partial charge in [0.15, 0.2) is 0 Å². The van der Waals surface area contributed by atoms with Crippen molar-refractivity contribution in [3.05, 3.63) is 24.0 Å². The fourth-order valence-corrected chi connectivity index (χ4v) is 0.934. The summed E-state index contributed by atoms with van der Waals surface area (Å²) in [7, 11) is 0. The second-order valence-corrected chi connectivity index (χ2v) is 3.49. The lowest BCUT2D eigenvalue weighted by Crippen LogP contribution is -2.20. The van der Waals surface area contributed by atoms with Crippen molar-refractivity contribution < 1.29 is 9.18 Å². The molecular weight excluding hydrogens is 207 g/mol. The highest BCUT2D eigenvalue weighted by molar-refractivity contribution is 6.32. The smallest absolute Gasteiger partial charge is 0.242 e. The molecule has 0 aromatic heterocycles. The van der Waals surface area contributed by atoms with Gasteiger partial charge in [-0.1, -0.05) is 0 Å². The van der Waals surface area contributed by atoms with E-state index in [1.807, 2.05) is 0 Å². The van der Waals surface area contributed by atoms with Crippen LogP contribution in [-0.2, 0) is 4.79 Å². The van der Waals surface area contributed by atoms with Gasteiger partial charge in [0, 0.05) is 0 Å². The molecule has 1 aromatic rings. The molecule has 0 bridgehead atoms. The number of hydrogen-bond acceptors (Lipinski definition) is 2. The third-order valence-electron chi connectivity index (χ3n) is 1.63. The summed E-state index contributed by atoms with van der Waals surface area (Å²) in [6, 6.07) is 3.74. The van der Waals surface area contributed by atoms with Gasteiger partial charge in [-0.2, -0.15) is 0 Å². The summed E-state index contributed by atoms with van der Waals surface area (Å²) >= 11 is 5.53. The van der Waals surface area contributed by atoms with E-state index in [2.05, 4.69) is 5.32 Å². The fourth-order valence-electron chi connectivity index (χ4n) is 0.880.